The van der Waals surface area contributed by atoms with Crippen LogP contribution in [0, 0.1) is 5.92 Å². The fourth-order valence-electron chi connectivity index (χ4n) is 2.99. The van der Waals surface area contributed by atoms with Gasteiger partial charge in [-0.15, -0.1) is 12.4 Å². The maximum Gasteiger partial charge on any atom is 0.238 e. The van der Waals surface area contributed by atoms with Crippen LogP contribution in [0.1, 0.15) is 31.7 Å². The fraction of sp³-hybridized carbons (Fsp3) is 0.588. The SMILES string of the molecule is CCc1ccc(NC(=O)CN2CCCC(CCN)C2)cc1.Cl. The van der Waals surface area contributed by atoms with Crippen LogP contribution < -0.4 is 11.1 Å². The van der Waals surface area contributed by atoms with Crippen LogP contribution in [0.5, 0.6) is 0 Å². The molecule has 1 saturated heterocycles. The van der Waals surface area contributed by atoms with Crippen molar-refractivity contribution in [1.82, 2.24) is 4.90 Å². The van der Waals surface area contributed by atoms with E-state index in [1.54, 1.807) is 0 Å². The summed E-state index contributed by atoms with van der Waals surface area (Å²) in [4.78, 5) is 14.4. The van der Waals surface area contributed by atoms with Crippen LogP contribution in [0.15, 0.2) is 24.3 Å². The number of halogens is 1. The summed E-state index contributed by atoms with van der Waals surface area (Å²) in [5, 5.41) is 2.98. The van der Waals surface area contributed by atoms with Crippen LogP contribution in [0.4, 0.5) is 5.69 Å². The van der Waals surface area contributed by atoms with E-state index in [-0.39, 0.29) is 18.3 Å². The van der Waals surface area contributed by atoms with Gasteiger partial charge in [-0.1, -0.05) is 19.1 Å². The molecule has 1 fully saturated rings. The number of anilines is 1. The van der Waals surface area contributed by atoms with Gasteiger partial charge in [0.1, 0.15) is 0 Å². The lowest BCUT2D eigenvalue weighted by molar-refractivity contribution is -0.117. The first kappa shape index (κ1) is 18.9. The van der Waals surface area contributed by atoms with Crippen LogP contribution in [0.2, 0.25) is 0 Å². The Labute approximate surface area is 139 Å². The monoisotopic (exact) mass is 325 g/mol. The smallest absolute Gasteiger partial charge is 0.238 e. The van der Waals surface area contributed by atoms with E-state index in [0.29, 0.717) is 12.5 Å². The lowest BCUT2D eigenvalue weighted by Crippen LogP contribution is -2.40. The molecule has 0 aliphatic carbocycles. The molecule has 5 heteroatoms. The van der Waals surface area contributed by atoms with Gasteiger partial charge >= 0.3 is 0 Å². The Morgan fingerprint density at radius 2 is 2.09 bits per heavy atom. The summed E-state index contributed by atoms with van der Waals surface area (Å²) >= 11 is 0. The molecule has 1 aliphatic heterocycles. The number of likely N-dealkylation sites (tertiary alicyclic amines) is 1. The number of carbonyl (C=O) groups is 1. The van der Waals surface area contributed by atoms with E-state index >= 15 is 0 Å². The molecule has 0 radical (unpaired) electrons. The molecule has 2 rings (SSSR count). The maximum atomic E-state index is 12.1. The molecule has 1 aromatic carbocycles. The average Bonchev–Trinajstić information content (AvgIpc) is 2.48. The molecule has 1 heterocycles. The number of rotatable bonds is 6. The molecule has 0 bridgehead atoms. The largest absolute Gasteiger partial charge is 0.330 e. The molecule has 1 aromatic rings. The molecular formula is C17H28ClN3O. The number of carbonyl (C=O) groups excluding carboxylic acids is 1. The molecule has 1 aliphatic rings. The number of piperidine rings is 1. The molecule has 1 amide bonds. The first-order chi connectivity index (χ1) is 10.2. The van der Waals surface area contributed by atoms with Crippen LogP contribution in [-0.2, 0) is 11.2 Å². The molecule has 1 unspecified atom stereocenters. The highest BCUT2D eigenvalue weighted by Gasteiger charge is 2.20. The number of nitrogens with zero attached hydrogens (tertiary/aromatic N) is 1. The third kappa shape index (κ3) is 5.95. The van der Waals surface area contributed by atoms with Gasteiger partial charge in [0, 0.05) is 12.2 Å². The van der Waals surface area contributed by atoms with Crippen molar-refractivity contribution in [3.63, 3.8) is 0 Å². The highest BCUT2D eigenvalue weighted by molar-refractivity contribution is 5.92. The van der Waals surface area contributed by atoms with Crippen molar-refractivity contribution in [3.05, 3.63) is 29.8 Å². The highest BCUT2D eigenvalue weighted by atomic mass is 35.5. The number of hydrogen-bond donors (Lipinski definition) is 2. The zero-order valence-corrected chi connectivity index (χ0v) is 14.2. The third-order valence-electron chi connectivity index (χ3n) is 4.19. The van der Waals surface area contributed by atoms with Crippen LogP contribution in [0.3, 0.4) is 0 Å². The number of nitrogens with two attached hydrogens (primary N) is 1. The van der Waals surface area contributed by atoms with Crippen molar-refractivity contribution in [1.29, 1.82) is 0 Å². The van der Waals surface area contributed by atoms with Gasteiger partial charge in [-0.3, -0.25) is 9.69 Å². The van der Waals surface area contributed by atoms with Gasteiger partial charge in [0.2, 0.25) is 5.91 Å². The minimum absolute atomic E-state index is 0. The Morgan fingerprint density at radius 1 is 1.36 bits per heavy atom. The van der Waals surface area contributed by atoms with Gasteiger partial charge in [0.15, 0.2) is 0 Å². The van der Waals surface area contributed by atoms with Crippen LogP contribution >= 0.6 is 12.4 Å². The molecule has 1 atom stereocenters. The predicted molar refractivity (Wildman–Crippen MR) is 94.5 cm³/mol. The van der Waals surface area contributed by atoms with Crippen molar-refractivity contribution < 1.29 is 4.79 Å². The number of aryl methyl sites for hydroxylation is 1. The Morgan fingerprint density at radius 3 is 2.73 bits per heavy atom. The van der Waals surface area contributed by atoms with Gasteiger partial charge in [-0.25, -0.2) is 0 Å². The van der Waals surface area contributed by atoms with E-state index in [1.807, 2.05) is 12.1 Å². The highest BCUT2D eigenvalue weighted by Crippen LogP contribution is 2.19. The molecular weight excluding hydrogens is 298 g/mol. The minimum atomic E-state index is 0. The first-order valence-electron chi connectivity index (χ1n) is 8.02. The Kier molecular flexibility index (Phi) is 8.46. The first-order valence-corrected chi connectivity index (χ1v) is 8.02. The zero-order chi connectivity index (χ0) is 15.1. The summed E-state index contributed by atoms with van der Waals surface area (Å²) in [5.41, 5.74) is 7.80. The summed E-state index contributed by atoms with van der Waals surface area (Å²) < 4.78 is 0. The second kappa shape index (κ2) is 9.82. The summed E-state index contributed by atoms with van der Waals surface area (Å²) in [7, 11) is 0. The van der Waals surface area contributed by atoms with Crippen LogP contribution in [0.25, 0.3) is 0 Å². The number of hydrogen-bond acceptors (Lipinski definition) is 3. The second-order valence-electron chi connectivity index (χ2n) is 5.92. The molecule has 22 heavy (non-hydrogen) atoms. The average molecular weight is 326 g/mol. The minimum Gasteiger partial charge on any atom is -0.330 e. The van der Waals surface area contributed by atoms with E-state index in [4.69, 9.17) is 5.73 Å². The van der Waals surface area contributed by atoms with Gasteiger partial charge in [-0.05, 0) is 62.4 Å². The Balaban J connectivity index is 0.00000242. The summed E-state index contributed by atoms with van der Waals surface area (Å²) in [6.45, 7) is 5.37. The Hall–Kier alpha value is -1.10. The van der Waals surface area contributed by atoms with Gasteiger partial charge in [0.05, 0.1) is 6.54 Å². The summed E-state index contributed by atoms with van der Waals surface area (Å²) in [6, 6.07) is 8.08. The van der Waals surface area contributed by atoms with E-state index in [2.05, 4.69) is 29.3 Å². The summed E-state index contributed by atoms with van der Waals surface area (Å²) in [6.07, 6.45) is 4.50. The summed E-state index contributed by atoms with van der Waals surface area (Å²) in [5.74, 6) is 0.730. The van der Waals surface area contributed by atoms with Gasteiger partial charge in [-0.2, -0.15) is 0 Å². The molecule has 0 saturated carbocycles. The van der Waals surface area contributed by atoms with Gasteiger partial charge in [0.25, 0.3) is 0 Å². The quantitative estimate of drug-likeness (QED) is 0.845. The van der Waals surface area contributed by atoms with Crippen molar-refractivity contribution in [3.8, 4) is 0 Å². The molecule has 3 N–H and O–H groups in total. The lowest BCUT2D eigenvalue weighted by Gasteiger charge is -2.32. The normalized spacial score (nSPS) is 18.5. The predicted octanol–water partition coefficient (Wildman–Crippen LogP) is 2.67. The number of nitrogens with one attached hydrogen (secondary N) is 1. The fourth-order valence-corrected chi connectivity index (χ4v) is 2.99. The topological polar surface area (TPSA) is 58.4 Å². The van der Waals surface area contributed by atoms with E-state index < -0.39 is 0 Å². The standard InChI is InChI=1S/C17H27N3O.ClH/c1-2-14-5-7-16(8-6-14)19-17(21)13-20-11-3-4-15(12-20)9-10-18;/h5-8,15H,2-4,9-13,18H2,1H3,(H,19,21);1H. The van der Waals surface area contributed by atoms with Crippen molar-refractivity contribution >= 4 is 24.0 Å². The zero-order valence-electron chi connectivity index (χ0n) is 13.4. The van der Waals surface area contributed by atoms with E-state index in [9.17, 15) is 4.79 Å². The van der Waals surface area contributed by atoms with Gasteiger partial charge < -0.3 is 11.1 Å². The molecule has 124 valence electrons. The lowest BCUT2D eigenvalue weighted by atomic mass is 9.95. The van der Waals surface area contributed by atoms with Crippen molar-refractivity contribution in [2.75, 3.05) is 31.5 Å². The molecule has 0 aromatic heterocycles. The number of amides is 1. The third-order valence-corrected chi connectivity index (χ3v) is 4.19. The van der Waals surface area contributed by atoms with E-state index in [0.717, 1.165) is 38.2 Å². The number of benzene rings is 1. The molecule has 0 spiro atoms. The second-order valence-corrected chi connectivity index (χ2v) is 5.92. The maximum absolute atomic E-state index is 12.1. The van der Waals surface area contributed by atoms with Crippen LogP contribution in [-0.4, -0.2) is 37.0 Å². The van der Waals surface area contributed by atoms with Crippen molar-refractivity contribution in [2.24, 2.45) is 11.7 Å². The van der Waals surface area contributed by atoms with E-state index in [1.165, 1.54) is 18.4 Å². The molecule has 4 nitrogen and oxygen atoms in total. The Bertz CT molecular complexity index is 448. The van der Waals surface area contributed by atoms with Crippen molar-refractivity contribution in [2.45, 2.75) is 32.6 Å².